The number of aromatic nitrogens is 3. The van der Waals surface area contributed by atoms with Crippen molar-refractivity contribution in [2.24, 2.45) is 11.7 Å². The highest BCUT2D eigenvalue weighted by atomic mass is 16.5. The van der Waals surface area contributed by atoms with Crippen LogP contribution in [0, 0.1) is 5.92 Å². The van der Waals surface area contributed by atoms with Gasteiger partial charge in [0.05, 0.1) is 19.4 Å². The number of nitrogens with zero attached hydrogens (tertiary/aromatic N) is 4. The second-order valence-corrected chi connectivity index (χ2v) is 7.20. The van der Waals surface area contributed by atoms with Gasteiger partial charge in [-0.3, -0.25) is 9.36 Å². The molecule has 148 valence electrons. The van der Waals surface area contributed by atoms with E-state index in [9.17, 15) is 9.90 Å². The number of fused-ring (bicyclic) bond motifs is 1. The summed E-state index contributed by atoms with van der Waals surface area (Å²) in [7, 11) is 0. The highest BCUT2D eigenvalue weighted by Crippen LogP contribution is 2.38. The Morgan fingerprint density at radius 2 is 2.07 bits per heavy atom. The number of aliphatic hydroxyl groups is 1. The number of anilines is 2. The predicted octanol–water partition coefficient (Wildman–Crippen LogP) is 1.66. The molecular weight excluding hydrogens is 360 g/mol. The van der Waals surface area contributed by atoms with Crippen LogP contribution in [0.3, 0.4) is 0 Å². The maximum absolute atomic E-state index is 12.2. The number of primary amides is 1. The standard InChI is InChI=1S/C19H24N6O3/c1-10-3-4-12(26)11(2)16(10)25-17(20)14(18(21)27)15-19(25)22-9-13(23-15)24-5-7-28-8-6-24/h4,9-10,26H,3,5-8,20H2,1-2H3,(H2,21,27). The third-order valence-electron chi connectivity index (χ3n) is 5.41. The van der Waals surface area contributed by atoms with E-state index in [1.807, 2.05) is 13.8 Å². The van der Waals surface area contributed by atoms with Gasteiger partial charge in [-0.2, -0.15) is 0 Å². The SMILES string of the molecule is CC1=C(n2c(N)c(C(N)=O)c3nc(N4CCOCC4)cnc32)C(C)CC=C1O. The molecule has 0 saturated carbocycles. The van der Waals surface area contributed by atoms with E-state index >= 15 is 0 Å². The number of ether oxygens (including phenoxy) is 1. The monoisotopic (exact) mass is 384 g/mol. The lowest BCUT2D eigenvalue weighted by Gasteiger charge is -2.27. The van der Waals surface area contributed by atoms with Gasteiger partial charge in [0.15, 0.2) is 5.65 Å². The number of carbonyl (C=O) groups is 1. The molecule has 1 saturated heterocycles. The molecule has 1 aliphatic heterocycles. The van der Waals surface area contributed by atoms with Crippen LogP contribution in [-0.2, 0) is 4.74 Å². The Morgan fingerprint density at radius 1 is 1.36 bits per heavy atom. The third kappa shape index (κ3) is 2.78. The van der Waals surface area contributed by atoms with Crippen LogP contribution in [0.1, 0.15) is 30.6 Å². The molecule has 0 spiro atoms. The fourth-order valence-electron chi connectivity index (χ4n) is 3.93. The first-order chi connectivity index (χ1) is 13.4. The van der Waals surface area contributed by atoms with E-state index in [1.165, 1.54) is 0 Å². The summed E-state index contributed by atoms with van der Waals surface area (Å²) in [4.78, 5) is 23.5. The number of nitrogens with two attached hydrogens (primary N) is 2. The van der Waals surface area contributed by atoms with Gasteiger partial charge in [-0.05, 0) is 19.4 Å². The van der Waals surface area contributed by atoms with Crippen LogP contribution in [0.15, 0.2) is 23.6 Å². The van der Waals surface area contributed by atoms with Crippen LogP contribution < -0.4 is 16.4 Å². The first kappa shape index (κ1) is 18.3. The zero-order valence-electron chi connectivity index (χ0n) is 16.0. The maximum Gasteiger partial charge on any atom is 0.254 e. The second kappa shape index (κ2) is 6.83. The molecule has 0 aromatic carbocycles. The first-order valence-corrected chi connectivity index (χ1v) is 9.30. The highest BCUT2D eigenvalue weighted by Gasteiger charge is 2.29. The summed E-state index contributed by atoms with van der Waals surface area (Å²) in [6.07, 6.45) is 4.11. The number of allylic oxidation sites excluding steroid dienone is 3. The average Bonchev–Trinajstić information content (AvgIpc) is 2.97. The molecular formula is C19H24N6O3. The fraction of sp³-hybridized carbons (Fsp3) is 0.421. The van der Waals surface area contributed by atoms with Gasteiger partial charge in [-0.15, -0.1) is 0 Å². The van der Waals surface area contributed by atoms with Crippen molar-refractivity contribution >= 4 is 34.4 Å². The number of nitrogen functional groups attached to an aromatic ring is 1. The van der Waals surface area contributed by atoms with E-state index < -0.39 is 5.91 Å². The minimum absolute atomic E-state index is 0.0789. The molecule has 1 amide bonds. The molecule has 3 heterocycles. The number of carbonyl (C=O) groups excluding carboxylic acids is 1. The van der Waals surface area contributed by atoms with Crippen LogP contribution >= 0.6 is 0 Å². The maximum atomic E-state index is 12.2. The van der Waals surface area contributed by atoms with Crippen molar-refractivity contribution in [1.29, 1.82) is 0 Å². The molecule has 2 aromatic heterocycles. The van der Waals surface area contributed by atoms with Gasteiger partial charge in [-0.25, -0.2) is 9.97 Å². The lowest BCUT2D eigenvalue weighted by atomic mass is 9.93. The zero-order valence-corrected chi connectivity index (χ0v) is 16.0. The smallest absolute Gasteiger partial charge is 0.254 e. The quantitative estimate of drug-likeness (QED) is 0.733. The summed E-state index contributed by atoms with van der Waals surface area (Å²) in [5.41, 5.74) is 14.5. The molecule has 2 aromatic rings. The van der Waals surface area contributed by atoms with E-state index in [1.54, 1.807) is 16.8 Å². The van der Waals surface area contributed by atoms with E-state index in [4.69, 9.17) is 16.2 Å². The molecule has 0 radical (unpaired) electrons. The van der Waals surface area contributed by atoms with Crippen LogP contribution in [0.2, 0.25) is 0 Å². The minimum Gasteiger partial charge on any atom is -0.508 e. The molecule has 9 nitrogen and oxygen atoms in total. The largest absolute Gasteiger partial charge is 0.508 e. The zero-order chi connectivity index (χ0) is 20.0. The topological polar surface area (TPSA) is 133 Å². The molecule has 1 atom stereocenters. The van der Waals surface area contributed by atoms with Gasteiger partial charge in [0.1, 0.15) is 28.5 Å². The molecule has 1 unspecified atom stereocenters. The molecule has 1 aliphatic carbocycles. The van der Waals surface area contributed by atoms with Crippen molar-refractivity contribution in [1.82, 2.24) is 14.5 Å². The van der Waals surface area contributed by atoms with E-state index in [2.05, 4.69) is 14.9 Å². The molecule has 5 N–H and O–H groups in total. The Kier molecular flexibility index (Phi) is 4.46. The Morgan fingerprint density at radius 3 is 2.75 bits per heavy atom. The van der Waals surface area contributed by atoms with Crippen molar-refractivity contribution in [2.75, 3.05) is 36.9 Å². The number of hydrogen-bond acceptors (Lipinski definition) is 7. The Labute approximate surface area is 162 Å². The van der Waals surface area contributed by atoms with Crippen molar-refractivity contribution in [2.45, 2.75) is 20.3 Å². The Bertz CT molecular complexity index is 1020. The summed E-state index contributed by atoms with van der Waals surface area (Å²) >= 11 is 0. The van der Waals surface area contributed by atoms with Gasteiger partial charge in [0.2, 0.25) is 0 Å². The van der Waals surface area contributed by atoms with Crippen molar-refractivity contribution in [3.63, 3.8) is 0 Å². The first-order valence-electron chi connectivity index (χ1n) is 9.30. The van der Waals surface area contributed by atoms with Gasteiger partial charge in [0, 0.05) is 30.3 Å². The summed E-state index contributed by atoms with van der Waals surface area (Å²) in [6.45, 7) is 6.47. The lowest BCUT2D eigenvalue weighted by molar-refractivity contribution is 0.100. The van der Waals surface area contributed by atoms with Crippen LogP contribution in [0.4, 0.5) is 11.6 Å². The van der Waals surface area contributed by atoms with Crippen LogP contribution in [-0.4, -0.2) is 51.9 Å². The Balaban J connectivity index is 1.95. The summed E-state index contributed by atoms with van der Waals surface area (Å²) in [5, 5.41) is 10.2. The van der Waals surface area contributed by atoms with Gasteiger partial charge >= 0.3 is 0 Å². The van der Waals surface area contributed by atoms with Crippen molar-refractivity contribution in [3.8, 4) is 0 Å². The van der Waals surface area contributed by atoms with Gasteiger partial charge in [0.25, 0.3) is 5.91 Å². The number of amides is 1. The molecule has 9 heteroatoms. The fourth-order valence-corrected chi connectivity index (χ4v) is 3.93. The molecule has 1 fully saturated rings. The third-order valence-corrected chi connectivity index (χ3v) is 5.41. The minimum atomic E-state index is -0.656. The number of morpholine rings is 1. The summed E-state index contributed by atoms with van der Waals surface area (Å²) in [5.74, 6) is 0.470. The summed E-state index contributed by atoms with van der Waals surface area (Å²) < 4.78 is 7.09. The second-order valence-electron chi connectivity index (χ2n) is 7.20. The predicted molar refractivity (Wildman–Crippen MR) is 107 cm³/mol. The van der Waals surface area contributed by atoms with E-state index in [0.717, 1.165) is 5.70 Å². The van der Waals surface area contributed by atoms with E-state index in [-0.39, 0.29) is 23.1 Å². The lowest BCUT2D eigenvalue weighted by Crippen LogP contribution is -2.36. The van der Waals surface area contributed by atoms with E-state index in [0.29, 0.717) is 55.3 Å². The molecule has 4 rings (SSSR count). The highest BCUT2D eigenvalue weighted by molar-refractivity contribution is 6.10. The molecule has 2 aliphatic rings. The van der Waals surface area contributed by atoms with Gasteiger partial charge < -0.3 is 26.2 Å². The van der Waals surface area contributed by atoms with Crippen LogP contribution in [0.5, 0.6) is 0 Å². The Hall–Kier alpha value is -3.07. The normalized spacial score (nSPS) is 20.6. The van der Waals surface area contributed by atoms with Crippen LogP contribution in [0.25, 0.3) is 16.9 Å². The number of aliphatic hydroxyl groups excluding tert-OH is 1. The van der Waals surface area contributed by atoms with Gasteiger partial charge in [-0.1, -0.05) is 6.92 Å². The molecule has 0 bridgehead atoms. The van der Waals surface area contributed by atoms with Crippen molar-refractivity contribution < 1.29 is 14.6 Å². The summed E-state index contributed by atoms with van der Waals surface area (Å²) in [6, 6.07) is 0. The molecule has 28 heavy (non-hydrogen) atoms. The number of hydrogen-bond donors (Lipinski definition) is 3. The number of rotatable bonds is 3. The van der Waals surface area contributed by atoms with Crippen molar-refractivity contribution in [3.05, 3.63) is 29.2 Å². The average molecular weight is 384 g/mol.